The summed E-state index contributed by atoms with van der Waals surface area (Å²) in [7, 11) is 0. The lowest BCUT2D eigenvalue weighted by Gasteiger charge is -2.26. The Balaban J connectivity index is 0.000000329. The summed E-state index contributed by atoms with van der Waals surface area (Å²) in [5, 5.41) is 3.83. The second-order valence-corrected chi connectivity index (χ2v) is 14.2. The molecule has 0 spiro atoms. The lowest BCUT2D eigenvalue weighted by molar-refractivity contribution is -0.197. The van der Waals surface area contributed by atoms with E-state index in [9.17, 15) is 38.0 Å². The third-order valence-corrected chi connectivity index (χ3v) is 9.49. The average molecular weight is 817 g/mol. The first-order valence-electron chi connectivity index (χ1n) is 20.1. The molecular weight excluding hydrogens is 764 g/mol. The lowest BCUT2D eigenvalue weighted by atomic mass is 10.0. The molecular formula is C43H53FN6O9. The molecule has 59 heavy (non-hydrogen) atoms. The van der Waals surface area contributed by atoms with E-state index < -0.39 is 29.8 Å². The maximum atomic E-state index is 12.9. The Bertz CT molecular complexity index is 1870. The summed E-state index contributed by atoms with van der Waals surface area (Å²) in [5.41, 5.74) is 13.5. The van der Waals surface area contributed by atoms with E-state index in [0.717, 1.165) is 54.5 Å². The van der Waals surface area contributed by atoms with Crippen molar-refractivity contribution in [1.29, 1.82) is 0 Å². The summed E-state index contributed by atoms with van der Waals surface area (Å²) in [5.74, 6) is 3.90. The van der Waals surface area contributed by atoms with Crippen molar-refractivity contribution in [2.24, 2.45) is 5.11 Å². The number of rotatable bonds is 24. The van der Waals surface area contributed by atoms with E-state index in [1.165, 1.54) is 0 Å². The quantitative estimate of drug-likeness (QED) is 0.0164. The number of carbonyl (C=O) groups excluding carboxylic acids is 7. The van der Waals surface area contributed by atoms with Crippen LogP contribution in [0.3, 0.4) is 0 Å². The van der Waals surface area contributed by atoms with E-state index >= 15 is 0 Å². The zero-order chi connectivity index (χ0) is 42.8. The number of ether oxygens (including phenoxy) is 1. The van der Waals surface area contributed by atoms with Crippen LogP contribution in [-0.4, -0.2) is 65.5 Å². The standard InChI is InChI=1S/C22H21NO2.C21H32FN5O7/c1-17(24)8-2-7-13-22(25)23-16-20-11-4-3-9-18(20)14-15-19-10-5-6-12-21(19)23;22-25-16(8-5-6-14-24-26-23)17(28)9-4-2-1-3-7-15-33-20(31)12-13-21(32)34-27-18(29)10-11-19(27)30/h3-6,9-12H,2,7-8,13,16H2,1H3;16,25H,1-15H2. The van der Waals surface area contributed by atoms with Crippen molar-refractivity contribution in [2.75, 3.05) is 18.1 Å². The smallest absolute Gasteiger partial charge is 0.333 e. The van der Waals surface area contributed by atoms with Gasteiger partial charge in [-0.25, -0.2) is 4.79 Å². The summed E-state index contributed by atoms with van der Waals surface area (Å²) >= 11 is 0. The first-order chi connectivity index (χ1) is 28.5. The molecule has 2 aromatic carbocycles. The van der Waals surface area contributed by atoms with Gasteiger partial charge < -0.3 is 19.3 Å². The van der Waals surface area contributed by atoms with E-state index in [0.29, 0.717) is 63.1 Å². The van der Waals surface area contributed by atoms with Crippen molar-refractivity contribution >= 4 is 46.9 Å². The van der Waals surface area contributed by atoms with Crippen molar-refractivity contribution in [3.63, 3.8) is 0 Å². The Morgan fingerprint density at radius 2 is 1.42 bits per heavy atom. The van der Waals surface area contributed by atoms with Crippen LogP contribution < -0.4 is 10.4 Å². The highest BCUT2D eigenvalue weighted by molar-refractivity contribution is 6.01. The molecule has 0 saturated carbocycles. The van der Waals surface area contributed by atoms with Crippen LogP contribution in [0.5, 0.6) is 0 Å². The number of esters is 1. The Hall–Kier alpha value is -5.91. The van der Waals surface area contributed by atoms with Gasteiger partial charge in [0.2, 0.25) is 5.91 Å². The minimum absolute atomic E-state index is 0.00106. The number of nitrogens with zero attached hydrogens (tertiary/aromatic N) is 5. The van der Waals surface area contributed by atoms with E-state index in [1.807, 2.05) is 53.4 Å². The van der Waals surface area contributed by atoms with Gasteiger partial charge in [-0.3, -0.25) is 24.0 Å². The largest absolute Gasteiger partial charge is 0.466 e. The molecule has 3 amide bonds. The second-order valence-electron chi connectivity index (χ2n) is 14.2. The summed E-state index contributed by atoms with van der Waals surface area (Å²) in [4.78, 5) is 91.1. The zero-order valence-corrected chi connectivity index (χ0v) is 33.6. The van der Waals surface area contributed by atoms with Crippen LogP contribution in [0, 0.1) is 11.8 Å². The van der Waals surface area contributed by atoms with Gasteiger partial charge in [0.1, 0.15) is 5.78 Å². The Labute approximate surface area is 343 Å². The van der Waals surface area contributed by atoms with Gasteiger partial charge in [-0.15, -0.1) is 15.1 Å². The predicted octanol–water partition coefficient (Wildman–Crippen LogP) is 7.23. The molecule has 0 radical (unpaired) electrons. The van der Waals surface area contributed by atoms with Gasteiger partial charge >= 0.3 is 11.9 Å². The number of unbranched alkanes of at least 4 members (excludes halogenated alkanes) is 6. The minimum atomic E-state index is -0.853. The zero-order valence-electron chi connectivity index (χ0n) is 33.6. The highest BCUT2D eigenvalue weighted by Crippen LogP contribution is 2.26. The van der Waals surface area contributed by atoms with Gasteiger partial charge in [-0.1, -0.05) is 73.0 Å². The molecule has 2 aliphatic rings. The van der Waals surface area contributed by atoms with Crippen molar-refractivity contribution in [2.45, 2.75) is 129 Å². The van der Waals surface area contributed by atoms with Gasteiger partial charge in [-0.2, -0.15) is 0 Å². The highest BCUT2D eigenvalue weighted by atomic mass is 19.2. The number of halogens is 1. The third kappa shape index (κ3) is 17.6. The molecule has 1 atom stereocenters. The molecule has 0 aromatic heterocycles. The van der Waals surface area contributed by atoms with Crippen LogP contribution in [0.2, 0.25) is 0 Å². The maximum Gasteiger partial charge on any atom is 0.333 e. The number of hydrogen-bond acceptors (Lipinski definition) is 11. The van der Waals surface area contributed by atoms with E-state index in [4.69, 9.17) is 10.3 Å². The van der Waals surface area contributed by atoms with Crippen LogP contribution in [0.1, 0.15) is 133 Å². The number of ketones is 2. The number of hydroxylamine groups is 2. The molecule has 2 aliphatic heterocycles. The topological polar surface area (TPSA) is 205 Å². The molecule has 2 heterocycles. The molecule has 1 fully saturated rings. The fraction of sp³-hybridized carbons (Fsp3) is 0.512. The second kappa shape index (κ2) is 26.9. The monoisotopic (exact) mass is 816 g/mol. The van der Waals surface area contributed by atoms with Crippen molar-refractivity contribution in [3.05, 3.63) is 75.7 Å². The molecule has 4 rings (SSSR count). The van der Waals surface area contributed by atoms with E-state index in [-0.39, 0.29) is 56.2 Å². The number of nitrogens with one attached hydrogen (secondary N) is 1. The summed E-state index contributed by atoms with van der Waals surface area (Å²) in [6.45, 7) is 2.63. The van der Waals surface area contributed by atoms with Crippen molar-refractivity contribution in [3.8, 4) is 11.8 Å². The molecule has 15 nitrogen and oxygen atoms in total. The summed E-state index contributed by atoms with van der Waals surface area (Å²) in [6.07, 6.45) is 7.44. The number of benzene rings is 2. The molecule has 2 aromatic rings. The predicted molar refractivity (Wildman–Crippen MR) is 215 cm³/mol. The first kappa shape index (κ1) is 47.5. The van der Waals surface area contributed by atoms with Crippen LogP contribution >= 0.6 is 0 Å². The highest BCUT2D eigenvalue weighted by Gasteiger charge is 2.33. The van der Waals surface area contributed by atoms with E-state index in [2.05, 4.69) is 26.7 Å². The summed E-state index contributed by atoms with van der Waals surface area (Å²) in [6, 6.07) is 14.9. The van der Waals surface area contributed by atoms with Crippen molar-refractivity contribution < 1.29 is 47.6 Å². The molecule has 316 valence electrons. The van der Waals surface area contributed by atoms with Crippen LogP contribution in [0.25, 0.3) is 10.4 Å². The molecule has 0 bridgehead atoms. The molecule has 1 unspecified atom stereocenters. The minimum Gasteiger partial charge on any atom is -0.466 e. The van der Waals surface area contributed by atoms with Crippen LogP contribution in [-0.2, 0) is 49.7 Å². The Kier molecular flexibility index (Phi) is 21.6. The van der Waals surface area contributed by atoms with Gasteiger partial charge in [0, 0.05) is 54.7 Å². The molecule has 16 heteroatoms. The summed E-state index contributed by atoms with van der Waals surface area (Å²) < 4.78 is 17.9. The number of carbonyl (C=O) groups is 7. The number of anilines is 1. The number of azide groups is 1. The maximum absolute atomic E-state index is 12.9. The number of para-hydroxylation sites is 1. The van der Waals surface area contributed by atoms with Gasteiger partial charge in [0.25, 0.3) is 11.8 Å². The lowest BCUT2D eigenvalue weighted by Crippen LogP contribution is -2.32. The number of imide groups is 1. The number of Topliss-reactive ketones (excluding diaryl/α,β-unsaturated/α-hetero) is 2. The Morgan fingerprint density at radius 1 is 0.797 bits per heavy atom. The third-order valence-electron chi connectivity index (χ3n) is 9.49. The normalized spacial score (nSPS) is 13.2. The van der Waals surface area contributed by atoms with Gasteiger partial charge in [-0.05, 0) is 74.7 Å². The van der Waals surface area contributed by atoms with Gasteiger partial charge in [0.05, 0.1) is 37.7 Å². The van der Waals surface area contributed by atoms with Crippen molar-refractivity contribution in [1.82, 2.24) is 10.6 Å². The Morgan fingerprint density at radius 3 is 2.15 bits per heavy atom. The van der Waals surface area contributed by atoms with E-state index in [1.54, 1.807) is 12.5 Å². The van der Waals surface area contributed by atoms with Crippen LogP contribution in [0.4, 0.5) is 10.2 Å². The van der Waals surface area contributed by atoms with Gasteiger partial charge in [0.15, 0.2) is 5.78 Å². The SMILES string of the molecule is CC(=O)CCCCC(=O)N1Cc2ccccc2C#Cc2ccccc21.[N-]=[N+]=NCCCCC(NF)C(=O)CCCCCCCOC(=O)CCC(=O)ON1C(=O)CCC1=O. The molecule has 1 saturated heterocycles. The fourth-order valence-electron chi connectivity index (χ4n) is 6.22. The van der Waals surface area contributed by atoms with Crippen LogP contribution in [0.15, 0.2) is 53.6 Å². The molecule has 1 N–H and O–H groups in total. The number of hydrogen-bond donors (Lipinski definition) is 1. The fourth-order valence-corrected chi connectivity index (χ4v) is 6.22. The average Bonchev–Trinajstić information content (AvgIpc) is 3.54. The number of fused-ring (bicyclic) bond motifs is 2. The first-order valence-corrected chi connectivity index (χ1v) is 20.1. The number of amides is 3. The molecule has 0 aliphatic carbocycles.